The summed E-state index contributed by atoms with van der Waals surface area (Å²) in [7, 11) is 0. The molecule has 3 rings (SSSR count). The fraction of sp³-hybridized carbons (Fsp3) is 0.0588. The van der Waals surface area contributed by atoms with Crippen molar-refractivity contribution in [3.8, 4) is 11.3 Å². The van der Waals surface area contributed by atoms with Crippen molar-refractivity contribution in [2.45, 2.75) is 6.92 Å². The molecule has 0 spiro atoms. The first-order valence-corrected chi connectivity index (χ1v) is 6.61. The molecule has 21 heavy (non-hydrogen) atoms. The zero-order chi connectivity index (χ0) is 14.8. The largest absolute Gasteiger partial charge is 0.478 e. The predicted octanol–water partition coefficient (Wildman–Crippen LogP) is 3.41. The second-order valence-corrected chi connectivity index (χ2v) is 4.77. The highest BCUT2D eigenvalue weighted by molar-refractivity contribution is 5.87. The molecule has 1 aromatic carbocycles. The van der Waals surface area contributed by atoms with E-state index in [1.807, 2.05) is 60.0 Å². The van der Waals surface area contributed by atoms with Gasteiger partial charge < -0.3 is 5.11 Å². The van der Waals surface area contributed by atoms with Crippen LogP contribution in [0.2, 0.25) is 0 Å². The van der Waals surface area contributed by atoms with Gasteiger partial charge in [-0.2, -0.15) is 0 Å². The number of aliphatic carboxylic acids is 1. The number of carboxylic acids is 1. The summed E-state index contributed by atoms with van der Waals surface area (Å²) in [6.45, 7) is 1.99. The summed E-state index contributed by atoms with van der Waals surface area (Å²) in [5, 5.41) is 8.88. The van der Waals surface area contributed by atoms with Gasteiger partial charge in [-0.3, -0.25) is 4.40 Å². The maximum absolute atomic E-state index is 10.8. The van der Waals surface area contributed by atoms with E-state index in [-0.39, 0.29) is 0 Å². The Labute approximate surface area is 122 Å². The lowest BCUT2D eigenvalue weighted by Gasteiger charge is -2.00. The molecular weight excluding hydrogens is 264 g/mol. The predicted molar refractivity (Wildman–Crippen MR) is 82.0 cm³/mol. The maximum Gasteiger partial charge on any atom is 0.328 e. The van der Waals surface area contributed by atoms with Crippen LogP contribution in [0.3, 0.4) is 0 Å². The standard InChI is InChI=1S/C17H14N2O2/c1-12-6-5-11-19-14(9-10-15(20)21)16(18-17(12)19)13-7-3-2-4-8-13/h2-11H,1H3,(H,20,21)/b10-9+. The number of nitrogens with zero attached hydrogens (tertiary/aromatic N) is 2. The molecule has 4 nitrogen and oxygen atoms in total. The molecule has 0 aliphatic carbocycles. The lowest BCUT2D eigenvalue weighted by molar-refractivity contribution is -0.131. The summed E-state index contributed by atoms with van der Waals surface area (Å²) in [5.41, 5.74) is 4.39. The third-order valence-electron chi connectivity index (χ3n) is 3.31. The lowest BCUT2D eigenvalue weighted by atomic mass is 10.1. The van der Waals surface area contributed by atoms with E-state index in [0.29, 0.717) is 0 Å². The van der Waals surface area contributed by atoms with Crippen LogP contribution in [0.4, 0.5) is 0 Å². The number of aromatic nitrogens is 2. The number of aryl methyl sites for hydroxylation is 1. The highest BCUT2D eigenvalue weighted by Gasteiger charge is 2.13. The van der Waals surface area contributed by atoms with Crippen molar-refractivity contribution in [1.82, 2.24) is 9.38 Å². The molecule has 0 bridgehead atoms. The molecule has 2 aromatic heterocycles. The Morgan fingerprint density at radius 1 is 1.19 bits per heavy atom. The third-order valence-corrected chi connectivity index (χ3v) is 3.31. The summed E-state index contributed by atoms with van der Waals surface area (Å²) in [6, 6.07) is 13.7. The number of carbonyl (C=O) groups is 1. The first-order valence-electron chi connectivity index (χ1n) is 6.61. The van der Waals surface area contributed by atoms with Gasteiger partial charge in [0, 0.05) is 17.8 Å². The van der Waals surface area contributed by atoms with Crippen molar-refractivity contribution < 1.29 is 9.90 Å². The quantitative estimate of drug-likeness (QED) is 0.747. The normalized spacial score (nSPS) is 11.3. The molecule has 0 amide bonds. The summed E-state index contributed by atoms with van der Waals surface area (Å²) in [4.78, 5) is 15.5. The SMILES string of the molecule is Cc1cccn2c(/C=C/C(=O)O)c(-c3ccccc3)nc12. The number of pyridine rings is 1. The Morgan fingerprint density at radius 3 is 2.67 bits per heavy atom. The van der Waals surface area contributed by atoms with Gasteiger partial charge in [-0.25, -0.2) is 9.78 Å². The highest BCUT2D eigenvalue weighted by atomic mass is 16.4. The molecule has 1 N–H and O–H groups in total. The van der Waals surface area contributed by atoms with E-state index in [9.17, 15) is 4.79 Å². The van der Waals surface area contributed by atoms with Crippen LogP contribution < -0.4 is 0 Å². The van der Waals surface area contributed by atoms with Crippen LogP contribution in [-0.2, 0) is 4.79 Å². The van der Waals surface area contributed by atoms with Crippen molar-refractivity contribution >= 4 is 17.7 Å². The molecule has 104 valence electrons. The van der Waals surface area contributed by atoms with Gasteiger partial charge in [0.25, 0.3) is 0 Å². The van der Waals surface area contributed by atoms with Crippen molar-refractivity contribution in [2.75, 3.05) is 0 Å². The number of fused-ring (bicyclic) bond motifs is 1. The van der Waals surface area contributed by atoms with E-state index in [1.165, 1.54) is 0 Å². The fourth-order valence-electron chi connectivity index (χ4n) is 2.34. The number of carboxylic acid groups (broad SMARTS) is 1. The van der Waals surface area contributed by atoms with Gasteiger partial charge in [0.05, 0.1) is 11.4 Å². The molecule has 0 unspecified atom stereocenters. The van der Waals surface area contributed by atoms with E-state index in [0.717, 1.165) is 34.2 Å². The summed E-state index contributed by atoms with van der Waals surface area (Å²) < 4.78 is 1.91. The molecule has 0 aliphatic rings. The van der Waals surface area contributed by atoms with Crippen LogP contribution in [0.15, 0.2) is 54.7 Å². The zero-order valence-corrected chi connectivity index (χ0v) is 11.5. The molecule has 0 atom stereocenters. The van der Waals surface area contributed by atoms with Crippen LogP contribution in [0.25, 0.3) is 23.0 Å². The summed E-state index contributed by atoms with van der Waals surface area (Å²) in [5.74, 6) is -0.975. The minimum absolute atomic E-state index is 0.766. The monoisotopic (exact) mass is 278 g/mol. The highest BCUT2D eigenvalue weighted by Crippen LogP contribution is 2.26. The van der Waals surface area contributed by atoms with Crippen molar-refractivity contribution in [1.29, 1.82) is 0 Å². The number of imidazole rings is 1. The van der Waals surface area contributed by atoms with E-state index in [2.05, 4.69) is 4.98 Å². The second-order valence-electron chi connectivity index (χ2n) is 4.77. The zero-order valence-electron chi connectivity index (χ0n) is 11.5. The van der Waals surface area contributed by atoms with Crippen molar-refractivity contribution in [2.24, 2.45) is 0 Å². The average Bonchev–Trinajstić information content (AvgIpc) is 2.86. The molecule has 0 saturated carbocycles. The average molecular weight is 278 g/mol. The Kier molecular flexibility index (Phi) is 3.28. The molecule has 0 aliphatic heterocycles. The van der Waals surface area contributed by atoms with E-state index in [1.54, 1.807) is 6.08 Å². The number of hydrogen-bond acceptors (Lipinski definition) is 2. The second kappa shape index (κ2) is 5.25. The van der Waals surface area contributed by atoms with Gasteiger partial charge in [-0.15, -0.1) is 0 Å². The maximum atomic E-state index is 10.8. The van der Waals surface area contributed by atoms with Crippen LogP contribution in [0.5, 0.6) is 0 Å². The molecule has 4 heteroatoms. The van der Waals surface area contributed by atoms with Gasteiger partial charge in [0.15, 0.2) is 0 Å². The minimum atomic E-state index is -0.975. The smallest absolute Gasteiger partial charge is 0.328 e. The van der Waals surface area contributed by atoms with Crippen LogP contribution in [0.1, 0.15) is 11.3 Å². The van der Waals surface area contributed by atoms with Gasteiger partial charge in [-0.1, -0.05) is 36.4 Å². The molecular formula is C17H14N2O2. The topological polar surface area (TPSA) is 54.6 Å². The van der Waals surface area contributed by atoms with Crippen LogP contribution in [0, 0.1) is 6.92 Å². The minimum Gasteiger partial charge on any atom is -0.478 e. The van der Waals surface area contributed by atoms with Crippen molar-refractivity contribution in [3.05, 3.63) is 66.0 Å². The van der Waals surface area contributed by atoms with Gasteiger partial charge in [0.1, 0.15) is 5.65 Å². The molecule has 3 aromatic rings. The molecule has 0 radical (unpaired) electrons. The Balaban J connectivity index is 2.30. The Morgan fingerprint density at radius 2 is 1.95 bits per heavy atom. The summed E-state index contributed by atoms with van der Waals surface area (Å²) in [6.07, 6.45) is 4.62. The Bertz CT molecular complexity index is 833. The van der Waals surface area contributed by atoms with Crippen LogP contribution >= 0.6 is 0 Å². The first-order chi connectivity index (χ1) is 10.2. The van der Waals surface area contributed by atoms with E-state index in [4.69, 9.17) is 5.11 Å². The Hall–Kier alpha value is -2.88. The van der Waals surface area contributed by atoms with Gasteiger partial charge in [-0.05, 0) is 24.6 Å². The molecule has 2 heterocycles. The van der Waals surface area contributed by atoms with Crippen molar-refractivity contribution in [3.63, 3.8) is 0 Å². The number of benzene rings is 1. The van der Waals surface area contributed by atoms with E-state index < -0.39 is 5.97 Å². The third kappa shape index (κ3) is 2.43. The number of hydrogen-bond donors (Lipinski definition) is 1. The number of rotatable bonds is 3. The fourth-order valence-corrected chi connectivity index (χ4v) is 2.34. The van der Waals surface area contributed by atoms with E-state index >= 15 is 0 Å². The van der Waals surface area contributed by atoms with Gasteiger partial charge >= 0.3 is 5.97 Å². The lowest BCUT2D eigenvalue weighted by Crippen LogP contribution is -1.91. The van der Waals surface area contributed by atoms with Crippen LogP contribution in [-0.4, -0.2) is 20.5 Å². The summed E-state index contributed by atoms with van der Waals surface area (Å²) >= 11 is 0. The molecule has 0 saturated heterocycles. The van der Waals surface area contributed by atoms with Gasteiger partial charge in [0.2, 0.25) is 0 Å². The first kappa shape index (κ1) is 13.1. The molecule has 0 fully saturated rings.